The number of rotatable bonds is 6. The molecule has 0 bridgehead atoms. The van der Waals surface area contributed by atoms with E-state index in [1.807, 2.05) is 6.92 Å². The quantitative estimate of drug-likeness (QED) is 0.859. The molecular formula is C18H20N2O4S. The Morgan fingerprint density at radius 3 is 2.48 bits per heavy atom. The zero-order valence-electron chi connectivity index (χ0n) is 13.9. The molecule has 0 atom stereocenters. The second-order valence-corrected chi connectivity index (χ2v) is 7.36. The van der Waals surface area contributed by atoms with E-state index >= 15 is 0 Å². The van der Waals surface area contributed by atoms with Crippen LogP contribution in [0.3, 0.4) is 0 Å². The van der Waals surface area contributed by atoms with E-state index in [4.69, 9.17) is 4.74 Å². The van der Waals surface area contributed by atoms with E-state index in [0.717, 1.165) is 12.1 Å². The summed E-state index contributed by atoms with van der Waals surface area (Å²) in [6.45, 7) is 2.95. The number of sulfonamides is 1. The summed E-state index contributed by atoms with van der Waals surface area (Å²) < 4.78 is 33.2. The minimum atomic E-state index is -3.74. The number of hydrogen-bond donors (Lipinski definition) is 1. The molecule has 7 heteroatoms. The van der Waals surface area contributed by atoms with Crippen LogP contribution in [0.5, 0.6) is 5.75 Å². The van der Waals surface area contributed by atoms with Gasteiger partial charge in [-0.2, -0.15) is 0 Å². The molecule has 0 radical (unpaired) electrons. The lowest BCUT2D eigenvalue weighted by Crippen LogP contribution is -2.23. The summed E-state index contributed by atoms with van der Waals surface area (Å²) in [5.41, 5.74) is 1.11. The van der Waals surface area contributed by atoms with Crippen LogP contribution in [0, 0.1) is 0 Å². The summed E-state index contributed by atoms with van der Waals surface area (Å²) >= 11 is 0. The largest absolute Gasteiger partial charge is 0.492 e. The number of nitrogens with zero attached hydrogens (tertiary/aromatic N) is 1. The highest BCUT2D eigenvalue weighted by Crippen LogP contribution is 2.28. The van der Waals surface area contributed by atoms with Gasteiger partial charge in [-0.05, 0) is 49.7 Å². The molecule has 1 aliphatic rings. The second-order valence-electron chi connectivity index (χ2n) is 5.68. The number of nitrogens with one attached hydrogen (secondary N) is 1. The van der Waals surface area contributed by atoms with E-state index in [1.165, 1.54) is 12.1 Å². The molecule has 1 saturated heterocycles. The molecule has 1 amide bonds. The predicted octanol–water partition coefficient (Wildman–Crippen LogP) is 3.01. The van der Waals surface area contributed by atoms with E-state index < -0.39 is 10.0 Å². The van der Waals surface area contributed by atoms with E-state index in [-0.39, 0.29) is 10.8 Å². The first-order chi connectivity index (χ1) is 12.0. The van der Waals surface area contributed by atoms with Gasteiger partial charge in [0, 0.05) is 18.7 Å². The number of amides is 1. The molecule has 1 heterocycles. The number of para-hydroxylation sites is 2. The van der Waals surface area contributed by atoms with Gasteiger partial charge in [-0.1, -0.05) is 12.1 Å². The van der Waals surface area contributed by atoms with Crippen molar-refractivity contribution in [2.75, 3.05) is 22.8 Å². The molecule has 25 heavy (non-hydrogen) atoms. The van der Waals surface area contributed by atoms with E-state index in [0.29, 0.717) is 31.0 Å². The van der Waals surface area contributed by atoms with Crippen molar-refractivity contribution in [2.45, 2.75) is 24.7 Å². The summed E-state index contributed by atoms with van der Waals surface area (Å²) in [7, 11) is -3.74. The number of hydrogen-bond acceptors (Lipinski definition) is 4. The third kappa shape index (κ3) is 3.76. The summed E-state index contributed by atoms with van der Waals surface area (Å²) in [4.78, 5) is 13.6. The van der Waals surface area contributed by atoms with E-state index in [1.54, 1.807) is 41.3 Å². The van der Waals surface area contributed by atoms with E-state index in [2.05, 4.69) is 4.72 Å². The summed E-state index contributed by atoms with van der Waals surface area (Å²) in [6.07, 6.45) is 1.37. The van der Waals surface area contributed by atoms with Gasteiger partial charge in [0.25, 0.3) is 10.0 Å². The van der Waals surface area contributed by atoms with Crippen molar-refractivity contribution in [3.8, 4) is 5.75 Å². The van der Waals surface area contributed by atoms with Crippen LogP contribution in [-0.2, 0) is 14.8 Å². The minimum Gasteiger partial charge on any atom is -0.492 e. The van der Waals surface area contributed by atoms with Gasteiger partial charge in [0.2, 0.25) is 5.91 Å². The molecule has 3 rings (SSSR count). The number of ether oxygens (including phenoxy) is 1. The number of benzene rings is 2. The lowest BCUT2D eigenvalue weighted by atomic mass is 10.3. The first-order valence-corrected chi connectivity index (χ1v) is 9.64. The van der Waals surface area contributed by atoms with Crippen LogP contribution in [0.15, 0.2) is 53.4 Å². The molecule has 1 aliphatic heterocycles. The Bertz CT molecular complexity index is 863. The zero-order chi connectivity index (χ0) is 17.9. The van der Waals surface area contributed by atoms with Crippen molar-refractivity contribution in [3.05, 3.63) is 48.5 Å². The van der Waals surface area contributed by atoms with Gasteiger partial charge in [-0.15, -0.1) is 0 Å². The molecule has 6 nitrogen and oxygen atoms in total. The van der Waals surface area contributed by atoms with Crippen molar-refractivity contribution < 1.29 is 17.9 Å². The summed E-state index contributed by atoms with van der Waals surface area (Å²) in [5, 5.41) is 0. The third-order valence-electron chi connectivity index (χ3n) is 3.96. The Morgan fingerprint density at radius 1 is 1.12 bits per heavy atom. The Balaban J connectivity index is 1.82. The van der Waals surface area contributed by atoms with Crippen molar-refractivity contribution in [1.29, 1.82) is 0 Å². The van der Waals surface area contributed by atoms with Gasteiger partial charge in [-0.25, -0.2) is 8.42 Å². The maximum absolute atomic E-state index is 12.6. The Labute approximate surface area is 147 Å². The van der Waals surface area contributed by atoms with Crippen molar-refractivity contribution in [3.63, 3.8) is 0 Å². The summed E-state index contributed by atoms with van der Waals surface area (Å²) in [5.74, 6) is 0.548. The number of anilines is 2. The fourth-order valence-electron chi connectivity index (χ4n) is 2.76. The van der Waals surface area contributed by atoms with Crippen LogP contribution in [0.1, 0.15) is 19.8 Å². The average Bonchev–Trinajstić information content (AvgIpc) is 3.03. The maximum Gasteiger partial charge on any atom is 0.262 e. The molecule has 0 aliphatic carbocycles. The predicted molar refractivity (Wildman–Crippen MR) is 96.4 cm³/mol. The topological polar surface area (TPSA) is 75.7 Å². The molecule has 0 unspecified atom stereocenters. The summed E-state index contributed by atoms with van der Waals surface area (Å²) in [6, 6.07) is 13.2. The Morgan fingerprint density at radius 2 is 1.84 bits per heavy atom. The molecule has 0 saturated carbocycles. The van der Waals surface area contributed by atoms with Crippen molar-refractivity contribution >= 4 is 27.3 Å². The standard InChI is InChI=1S/C18H20N2O4S/c1-2-24-17-7-4-3-6-16(17)19-25(22,23)15-11-9-14(10-12-15)20-13-5-8-18(20)21/h3-4,6-7,9-12,19H,2,5,8,13H2,1H3. The highest BCUT2D eigenvalue weighted by Gasteiger charge is 2.22. The Hall–Kier alpha value is -2.54. The molecule has 2 aromatic rings. The minimum absolute atomic E-state index is 0.0689. The third-order valence-corrected chi connectivity index (χ3v) is 5.34. The second kappa shape index (κ2) is 7.14. The average molecular weight is 360 g/mol. The molecule has 1 fully saturated rings. The van der Waals surface area contributed by atoms with Gasteiger partial charge >= 0.3 is 0 Å². The van der Waals surface area contributed by atoms with Crippen LogP contribution < -0.4 is 14.4 Å². The lowest BCUT2D eigenvalue weighted by Gasteiger charge is -2.16. The van der Waals surface area contributed by atoms with E-state index in [9.17, 15) is 13.2 Å². The monoisotopic (exact) mass is 360 g/mol. The molecule has 0 spiro atoms. The first kappa shape index (κ1) is 17.3. The molecule has 1 N–H and O–H groups in total. The molecular weight excluding hydrogens is 340 g/mol. The fourth-order valence-corrected chi connectivity index (χ4v) is 3.83. The highest BCUT2D eigenvalue weighted by molar-refractivity contribution is 7.92. The molecule has 132 valence electrons. The molecule has 2 aromatic carbocycles. The van der Waals surface area contributed by atoms with Crippen LogP contribution in [0.2, 0.25) is 0 Å². The van der Waals surface area contributed by atoms with Crippen LogP contribution >= 0.6 is 0 Å². The van der Waals surface area contributed by atoms with Gasteiger partial charge in [0.05, 0.1) is 17.2 Å². The lowest BCUT2D eigenvalue weighted by molar-refractivity contribution is -0.117. The maximum atomic E-state index is 12.6. The van der Waals surface area contributed by atoms with Gasteiger partial charge in [-0.3, -0.25) is 9.52 Å². The first-order valence-electron chi connectivity index (χ1n) is 8.16. The van der Waals surface area contributed by atoms with Crippen LogP contribution in [0.4, 0.5) is 11.4 Å². The Kier molecular flexibility index (Phi) is 4.94. The van der Waals surface area contributed by atoms with Crippen molar-refractivity contribution in [1.82, 2.24) is 0 Å². The highest BCUT2D eigenvalue weighted by atomic mass is 32.2. The van der Waals surface area contributed by atoms with Crippen molar-refractivity contribution in [2.24, 2.45) is 0 Å². The van der Waals surface area contributed by atoms with Gasteiger partial charge < -0.3 is 9.64 Å². The fraction of sp³-hybridized carbons (Fsp3) is 0.278. The van der Waals surface area contributed by atoms with Crippen LogP contribution in [-0.4, -0.2) is 27.5 Å². The van der Waals surface area contributed by atoms with Gasteiger partial charge in [0.15, 0.2) is 0 Å². The van der Waals surface area contributed by atoms with Crippen LogP contribution in [0.25, 0.3) is 0 Å². The smallest absolute Gasteiger partial charge is 0.262 e. The zero-order valence-corrected chi connectivity index (χ0v) is 14.8. The number of carbonyl (C=O) groups excluding carboxylic acids is 1. The normalized spacial score (nSPS) is 14.6. The van der Waals surface area contributed by atoms with Gasteiger partial charge in [0.1, 0.15) is 5.75 Å². The SMILES string of the molecule is CCOc1ccccc1NS(=O)(=O)c1ccc(N2CCCC2=O)cc1. The number of carbonyl (C=O) groups is 1. The molecule has 0 aromatic heterocycles.